The molecule has 0 spiro atoms. The summed E-state index contributed by atoms with van der Waals surface area (Å²) >= 11 is 0. The van der Waals surface area contributed by atoms with Crippen LogP contribution in [-0.4, -0.2) is 16.2 Å². The Bertz CT molecular complexity index is 440. The number of aromatic nitrogens is 2. The topological polar surface area (TPSA) is 29.3 Å². The van der Waals surface area contributed by atoms with E-state index in [1.165, 1.54) is 23.9 Å². The molecule has 1 unspecified atom stereocenters. The van der Waals surface area contributed by atoms with Gasteiger partial charge in [-0.15, -0.1) is 0 Å². The van der Waals surface area contributed by atoms with Gasteiger partial charge in [-0.25, -0.2) is 4.52 Å². The van der Waals surface area contributed by atoms with Gasteiger partial charge in [0, 0.05) is 17.8 Å². The van der Waals surface area contributed by atoms with Crippen LogP contribution in [0.4, 0.5) is 0 Å². The summed E-state index contributed by atoms with van der Waals surface area (Å²) in [6, 6.07) is 6.71. The quantitative estimate of drug-likeness (QED) is 0.737. The smallest absolute Gasteiger partial charge is 0.0709 e. The Morgan fingerprint density at radius 3 is 3.29 bits per heavy atom. The zero-order valence-corrected chi connectivity index (χ0v) is 7.98. The highest BCUT2D eigenvalue weighted by Crippen LogP contribution is 2.26. The van der Waals surface area contributed by atoms with Crippen LogP contribution < -0.4 is 5.32 Å². The second kappa shape index (κ2) is 3.10. The van der Waals surface area contributed by atoms with Crippen LogP contribution in [0.25, 0.3) is 5.52 Å². The van der Waals surface area contributed by atoms with E-state index < -0.39 is 0 Å². The molecule has 0 saturated carbocycles. The first-order valence-corrected chi connectivity index (χ1v) is 5.11. The Morgan fingerprint density at radius 1 is 1.43 bits per heavy atom. The number of pyridine rings is 1. The lowest BCUT2D eigenvalue weighted by molar-refractivity contribution is 0.652. The second-order valence-electron chi connectivity index (χ2n) is 3.78. The summed E-state index contributed by atoms with van der Waals surface area (Å²) in [4.78, 5) is 0. The van der Waals surface area contributed by atoms with Crippen LogP contribution in [0.3, 0.4) is 0 Å². The predicted molar refractivity (Wildman–Crippen MR) is 55.2 cm³/mol. The van der Waals surface area contributed by atoms with Gasteiger partial charge in [0.1, 0.15) is 0 Å². The molecule has 1 aliphatic heterocycles. The molecule has 3 rings (SSSR count). The average molecular weight is 187 g/mol. The van der Waals surface area contributed by atoms with Crippen LogP contribution in [0.5, 0.6) is 0 Å². The lowest BCUT2D eigenvalue weighted by Gasteiger charge is -2.07. The summed E-state index contributed by atoms with van der Waals surface area (Å²) in [6.07, 6.45) is 6.48. The summed E-state index contributed by atoms with van der Waals surface area (Å²) in [5.41, 5.74) is 2.56. The molecule has 3 nitrogen and oxygen atoms in total. The second-order valence-corrected chi connectivity index (χ2v) is 3.78. The van der Waals surface area contributed by atoms with Crippen molar-refractivity contribution < 1.29 is 0 Å². The van der Waals surface area contributed by atoms with E-state index in [0.29, 0.717) is 6.04 Å². The Balaban J connectivity index is 2.11. The monoisotopic (exact) mass is 187 g/mol. The van der Waals surface area contributed by atoms with Crippen LogP contribution in [0, 0.1) is 0 Å². The number of rotatable bonds is 1. The molecule has 0 amide bonds. The van der Waals surface area contributed by atoms with Gasteiger partial charge in [0.25, 0.3) is 0 Å². The molecule has 14 heavy (non-hydrogen) atoms. The molecule has 1 N–H and O–H groups in total. The minimum Gasteiger partial charge on any atom is -0.310 e. The number of hydrogen-bond donors (Lipinski definition) is 1. The molecule has 0 aliphatic carbocycles. The van der Waals surface area contributed by atoms with Crippen LogP contribution in [0.2, 0.25) is 0 Å². The SMILES string of the molecule is c1ccn2ncc(C3CCCN3)c2c1. The van der Waals surface area contributed by atoms with Crippen LogP contribution in [0.15, 0.2) is 30.6 Å². The van der Waals surface area contributed by atoms with Gasteiger partial charge in [-0.3, -0.25) is 0 Å². The fraction of sp³-hybridized carbons (Fsp3) is 0.364. The van der Waals surface area contributed by atoms with Crippen molar-refractivity contribution in [2.45, 2.75) is 18.9 Å². The predicted octanol–water partition coefficient (Wildman–Crippen LogP) is 1.76. The van der Waals surface area contributed by atoms with Crippen molar-refractivity contribution in [1.29, 1.82) is 0 Å². The molecule has 3 heteroatoms. The van der Waals surface area contributed by atoms with E-state index in [4.69, 9.17) is 0 Å². The number of fused-ring (bicyclic) bond motifs is 1. The van der Waals surface area contributed by atoms with E-state index in [1.807, 2.05) is 23.0 Å². The molecule has 1 atom stereocenters. The third kappa shape index (κ3) is 1.13. The van der Waals surface area contributed by atoms with Crippen molar-refractivity contribution >= 4 is 5.52 Å². The van der Waals surface area contributed by atoms with Gasteiger partial charge in [0.15, 0.2) is 0 Å². The highest BCUT2D eigenvalue weighted by molar-refractivity contribution is 5.54. The number of nitrogens with zero attached hydrogens (tertiary/aromatic N) is 2. The minimum atomic E-state index is 0.509. The summed E-state index contributed by atoms with van der Waals surface area (Å²) in [6.45, 7) is 1.13. The first kappa shape index (κ1) is 8.00. The molecule has 0 radical (unpaired) electrons. The molecular weight excluding hydrogens is 174 g/mol. The van der Waals surface area contributed by atoms with Crippen molar-refractivity contribution in [3.63, 3.8) is 0 Å². The Labute approximate surface area is 82.7 Å². The first-order valence-electron chi connectivity index (χ1n) is 5.11. The number of nitrogens with one attached hydrogen (secondary N) is 1. The molecular formula is C11H13N3. The van der Waals surface area contributed by atoms with Crippen LogP contribution in [0.1, 0.15) is 24.4 Å². The van der Waals surface area contributed by atoms with Crippen molar-refractivity contribution in [1.82, 2.24) is 14.9 Å². The van der Waals surface area contributed by atoms with Crippen molar-refractivity contribution in [2.75, 3.05) is 6.54 Å². The third-order valence-corrected chi connectivity index (χ3v) is 2.89. The highest BCUT2D eigenvalue weighted by atomic mass is 15.2. The molecule has 0 aromatic carbocycles. The maximum atomic E-state index is 4.34. The third-order valence-electron chi connectivity index (χ3n) is 2.89. The van der Waals surface area contributed by atoms with E-state index in [9.17, 15) is 0 Å². The van der Waals surface area contributed by atoms with Gasteiger partial charge >= 0.3 is 0 Å². The van der Waals surface area contributed by atoms with Gasteiger partial charge in [-0.05, 0) is 31.5 Å². The zero-order valence-electron chi connectivity index (χ0n) is 7.98. The standard InChI is InChI=1S/C11H13N3/c1-2-7-14-11(5-1)9(8-13-14)10-4-3-6-12-10/h1-2,5,7-8,10,12H,3-4,6H2. The Kier molecular flexibility index (Phi) is 1.77. The molecule has 0 bridgehead atoms. The Morgan fingerprint density at radius 2 is 2.43 bits per heavy atom. The van der Waals surface area contributed by atoms with E-state index in [2.05, 4.69) is 22.5 Å². The highest BCUT2D eigenvalue weighted by Gasteiger charge is 2.19. The van der Waals surface area contributed by atoms with Crippen LogP contribution in [-0.2, 0) is 0 Å². The van der Waals surface area contributed by atoms with Gasteiger partial charge < -0.3 is 5.32 Å². The molecule has 2 aromatic rings. The van der Waals surface area contributed by atoms with Gasteiger partial charge in [0.05, 0.1) is 11.7 Å². The molecule has 3 heterocycles. The molecule has 1 saturated heterocycles. The lowest BCUT2D eigenvalue weighted by Crippen LogP contribution is -2.12. The maximum Gasteiger partial charge on any atom is 0.0709 e. The zero-order chi connectivity index (χ0) is 9.38. The summed E-state index contributed by atoms with van der Waals surface area (Å²) in [5.74, 6) is 0. The van der Waals surface area contributed by atoms with Gasteiger partial charge in [0.2, 0.25) is 0 Å². The summed E-state index contributed by atoms with van der Waals surface area (Å²) in [5, 5.41) is 7.84. The lowest BCUT2D eigenvalue weighted by atomic mass is 10.1. The minimum absolute atomic E-state index is 0.509. The fourth-order valence-corrected chi connectivity index (χ4v) is 2.17. The maximum absolute atomic E-state index is 4.34. The van der Waals surface area contributed by atoms with Gasteiger partial charge in [-0.1, -0.05) is 6.07 Å². The van der Waals surface area contributed by atoms with Gasteiger partial charge in [-0.2, -0.15) is 5.10 Å². The van der Waals surface area contributed by atoms with E-state index >= 15 is 0 Å². The van der Waals surface area contributed by atoms with Crippen molar-refractivity contribution in [2.24, 2.45) is 0 Å². The average Bonchev–Trinajstić information content (AvgIpc) is 2.85. The van der Waals surface area contributed by atoms with E-state index in [-0.39, 0.29) is 0 Å². The molecule has 2 aromatic heterocycles. The summed E-state index contributed by atoms with van der Waals surface area (Å²) in [7, 11) is 0. The van der Waals surface area contributed by atoms with Crippen molar-refractivity contribution in [3.8, 4) is 0 Å². The van der Waals surface area contributed by atoms with E-state index in [1.54, 1.807) is 0 Å². The number of hydrogen-bond acceptors (Lipinski definition) is 2. The molecule has 72 valence electrons. The normalized spacial score (nSPS) is 21.9. The van der Waals surface area contributed by atoms with E-state index in [0.717, 1.165) is 6.54 Å². The van der Waals surface area contributed by atoms with Crippen molar-refractivity contribution in [3.05, 3.63) is 36.2 Å². The first-order chi connectivity index (χ1) is 6.95. The summed E-state index contributed by atoms with van der Waals surface area (Å²) < 4.78 is 1.94. The van der Waals surface area contributed by atoms with Crippen LogP contribution >= 0.6 is 0 Å². The molecule has 1 fully saturated rings. The fourth-order valence-electron chi connectivity index (χ4n) is 2.17. The largest absolute Gasteiger partial charge is 0.310 e. The Hall–Kier alpha value is -1.35. The molecule has 1 aliphatic rings.